The SMILES string of the molecule is COc1ccc(C(C(=O)NC(C)(C)C)N(C(=O)Cn2nnc(-c3ccc(F)cc3)n2)c2ccc(F)cc2)cc1. The number of tetrazole rings is 1. The number of aromatic nitrogens is 4. The molecule has 11 heteroatoms. The lowest BCUT2D eigenvalue weighted by Gasteiger charge is -2.33. The summed E-state index contributed by atoms with van der Waals surface area (Å²) in [6.45, 7) is 5.12. The van der Waals surface area contributed by atoms with E-state index in [1.54, 1.807) is 24.3 Å². The van der Waals surface area contributed by atoms with Crippen LogP contribution in [0, 0.1) is 11.6 Å². The molecule has 39 heavy (non-hydrogen) atoms. The van der Waals surface area contributed by atoms with E-state index in [9.17, 15) is 18.4 Å². The molecule has 4 rings (SSSR count). The highest BCUT2D eigenvalue weighted by Gasteiger charge is 2.35. The number of hydrogen-bond acceptors (Lipinski definition) is 6. The Hall–Kier alpha value is -4.67. The maximum atomic E-state index is 13.8. The zero-order valence-corrected chi connectivity index (χ0v) is 21.9. The van der Waals surface area contributed by atoms with Gasteiger partial charge in [0, 0.05) is 16.8 Å². The van der Waals surface area contributed by atoms with Crippen LogP contribution >= 0.6 is 0 Å². The van der Waals surface area contributed by atoms with Gasteiger partial charge >= 0.3 is 0 Å². The van der Waals surface area contributed by atoms with E-state index in [1.807, 2.05) is 20.8 Å². The number of methoxy groups -OCH3 is 1. The second-order valence-corrected chi connectivity index (χ2v) is 9.81. The van der Waals surface area contributed by atoms with Gasteiger partial charge in [-0.25, -0.2) is 8.78 Å². The molecule has 0 spiro atoms. The highest BCUT2D eigenvalue weighted by atomic mass is 19.1. The molecule has 0 fully saturated rings. The third kappa shape index (κ3) is 6.81. The fourth-order valence-corrected chi connectivity index (χ4v) is 3.90. The Labute approximate surface area is 224 Å². The molecule has 0 aliphatic rings. The fraction of sp³-hybridized carbons (Fsp3) is 0.250. The monoisotopic (exact) mass is 534 g/mol. The molecule has 0 saturated heterocycles. The number of halogens is 2. The number of anilines is 1. The van der Waals surface area contributed by atoms with E-state index in [2.05, 4.69) is 20.7 Å². The van der Waals surface area contributed by atoms with Gasteiger partial charge in [0.2, 0.25) is 11.7 Å². The fourth-order valence-electron chi connectivity index (χ4n) is 3.90. The van der Waals surface area contributed by atoms with Crippen LogP contribution in [-0.2, 0) is 16.1 Å². The molecule has 1 atom stereocenters. The minimum Gasteiger partial charge on any atom is -0.497 e. The molecule has 0 aliphatic heterocycles. The first kappa shape index (κ1) is 27.4. The van der Waals surface area contributed by atoms with Crippen molar-refractivity contribution in [3.8, 4) is 17.1 Å². The van der Waals surface area contributed by atoms with Crippen LogP contribution in [0.5, 0.6) is 5.75 Å². The first-order chi connectivity index (χ1) is 18.5. The van der Waals surface area contributed by atoms with E-state index in [4.69, 9.17) is 4.74 Å². The first-order valence-electron chi connectivity index (χ1n) is 12.1. The molecular formula is C28H28F2N6O3. The standard InChI is InChI=1S/C28H28F2N6O3/c1-28(2,3)31-27(38)25(18-7-15-23(39-4)16-8-18)36(22-13-11-21(30)12-14-22)24(37)17-35-33-26(32-34-35)19-5-9-20(29)10-6-19/h5-16,25H,17H2,1-4H3,(H,31,38). The van der Waals surface area contributed by atoms with E-state index in [0.29, 0.717) is 22.6 Å². The first-order valence-corrected chi connectivity index (χ1v) is 12.1. The van der Waals surface area contributed by atoms with E-state index < -0.39 is 35.0 Å². The van der Waals surface area contributed by atoms with Crippen molar-refractivity contribution in [1.29, 1.82) is 0 Å². The van der Waals surface area contributed by atoms with Gasteiger partial charge in [-0.05, 0) is 92.2 Å². The molecular weight excluding hydrogens is 506 g/mol. The third-order valence-electron chi connectivity index (χ3n) is 5.64. The van der Waals surface area contributed by atoms with Crippen LogP contribution in [0.4, 0.5) is 14.5 Å². The third-order valence-corrected chi connectivity index (χ3v) is 5.64. The Morgan fingerprint density at radius 2 is 1.54 bits per heavy atom. The summed E-state index contributed by atoms with van der Waals surface area (Å²) in [5, 5.41) is 15.1. The number of amides is 2. The molecule has 1 heterocycles. The van der Waals surface area contributed by atoms with Gasteiger partial charge in [0.1, 0.15) is 30.0 Å². The van der Waals surface area contributed by atoms with Crippen molar-refractivity contribution >= 4 is 17.5 Å². The molecule has 0 bridgehead atoms. The van der Waals surface area contributed by atoms with Crippen LogP contribution in [0.3, 0.4) is 0 Å². The van der Waals surface area contributed by atoms with Crippen molar-refractivity contribution < 1.29 is 23.1 Å². The highest BCUT2D eigenvalue weighted by Crippen LogP contribution is 2.30. The molecule has 0 aliphatic carbocycles. The number of hydrogen-bond donors (Lipinski definition) is 1. The van der Waals surface area contributed by atoms with Crippen LogP contribution < -0.4 is 15.0 Å². The van der Waals surface area contributed by atoms with Crippen LogP contribution in [0.25, 0.3) is 11.4 Å². The molecule has 1 aromatic heterocycles. The summed E-state index contributed by atoms with van der Waals surface area (Å²) in [7, 11) is 1.53. The molecule has 1 unspecified atom stereocenters. The maximum absolute atomic E-state index is 13.8. The predicted octanol–water partition coefficient (Wildman–Crippen LogP) is 4.32. The van der Waals surface area contributed by atoms with Crippen LogP contribution in [0.15, 0.2) is 72.8 Å². The lowest BCUT2D eigenvalue weighted by Crippen LogP contribution is -2.50. The molecule has 1 N–H and O–H groups in total. The summed E-state index contributed by atoms with van der Waals surface area (Å²) in [6.07, 6.45) is 0. The van der Waals surface area contributed by atoms with E-state index in [1.165, 1.54) is 60.5 Å². The van der Waals surface area contributed by atoms with Gasteiger partial charge in [-0.2, -0.15) is 4.80 Å². The van der Waals surface area contributed by atoms with Crippen molar-refractivity contribution in [2.24, 2.45) is 0 Å². The Bertz CT molecular complexity index is 1430. The normalized spacial score (nSPS) is 12.1. The quantitative estimate of drug-likeness (QED) is 0.361. The minimum atomic E-state index is -1.12. The van der Waals surface area contributed by atoms with Gasteiger partial charge in [0.25, 0.3) is 5.91 Å². The van der Waals surface area contributed by atoms with Crippen LogP contribution in [0.2, 0.25) is 0 Å². The van der Waals surface area contributed by atoms with Crippen LogP contribution in [-0.4, -0.2) is 44.7 Å². The predicted molar refractivity (Wildman–Crippen MR) is 141 cm³/mol. The number of benzene rings is 3. The average Bonchev–Trinajstić information content (AvgIpc) is 3.35. The zero-order valence-electron chi connectivity index (χ0n) is 21.9. The van der Waals surface area contributed by atoms with E-state index in [0.717, 1.165) is 4.80 Å². The summed E-state index contributed by atoms with van der Waals surface area (Å²) >= 11 is 0. The molecule has 0 saturated carbocycles. The van der Waals surface area contributed by atoms with Crippen LogP contribution in [0.1, 0.15) is 32.4 Å². The van der Waals surface area contributed by atoms with E-state index >= 15 is 0 Å². The Balaban J connectivity index is 1.74. The number of rotatable bonds is 8. The summed E-state index contributed by atoms with van der Waals surface area (Å²) < 4.78 is 32.4. The molecule has 9 nitrogen and oxygen atoms in total. The van der Waals surface area contributed by atoms with Crippen molar-refractivity contribution in [3.63, 3.8) is 0 Å². The zero-order chi connectivity index (χ0) is 28.2. The van der Waals surface area contributed by atoms with Gasteiger partial charge in [-0.3, -0.25) is 14.5 Å². The molecule has 0 radical (unpaired) electrons. The molecule has 4 aromatic rings. The Morgan fingerprint density at radius 3 is 2.10 bits per heavy atom. The average molecular weight is 535 g/mol. The molecule has 2 amide bonds. The largest absolute Gasteiger partial charge is 0.497 e. The number of nitrogens with one attached hydrogen (secondary N) is 1. The van der Waals surface area contributed by atoms with Crippen molar-refractivity contribution in [1.82, 2.24) is 25.5 Å². The number of nitrogens with zero attached hydrogens (tertiary/aromatic N) is 5. The summed E-state index contributed by atoms with van der Waals surface area (Å²) in [5.41, 5.74) is 0.724. The number of carbonyl (C=O) groups is 2. The topological polar surface area (TPSA) is 102 Å². The van der Waals surface area contributed by atoms with Gasteiger partial charge in [-0.15, -0.1) is 10.2 Å². The van der Waals surface area contributed by atoms with Crippen molar-refractivity contribution in [2.45, 2.75) is 38.9 Å². The van der Waals surface area contributed by atoms with Gasteiger partial charge < -0.3 is 10.1 Å². The number of carbonyl (C=O) groups excluding carboxylic acids is 2. The van der Waals surface area contributed by atoms with Crippen molar-refractivity contribution in [3.05, 3.63) is 90.0 Å². The summed E-state index contributed by atoms with van der Waals surface area (Å²) in [6, 6.07) is 16.4. The van der Waals surface area contributed by atoms with E-state index in [-0.39, 0.29) is 12.4 Å². The van der Waals surface area contributed by atoms with Gasteiger partial charge in [0.05, 0.1) is 7.11 Å². The van der Waals surface area contributed by atoms with Gasteiger partial charge in [-0.1, -0.05) is 12.1 Å². The summed E-state index contributed by atoms with van der Waals surface area (Å²) in [4.78, 5) is 29.9. The summed E-state index contributed by atoms with van der Waals surface area (Å²) in [5.74, 6) is -1.11. The molecule has 202 valence electrons. The second kappa shape index (κ2) is 11.4. The molecule has 3 aromatic carbocycles. The maximum Gasteiger partial charge on any atom is 0.251 e. The highest BCUT2D eigenvalue weighted by molar-refractivity contribution is 6.01. The Kier molecular flexibility index (Phi) is 7.99. The smallest absolute Gasteiger partial charge is 0.251 e. The van der Waals surface area contributed by atoms with Gasteiger partial charge in [0.15, 0.2) is 0 Å². The lowest BCUT2D eigenvalue weighted by molar-refractivity contribution is -0.128. The van der Waals surface area contributed by atoms with Crippen molar-refractivity contribution in [2.75, 3.05) is 12.0 Å². The lowest BCUT2D eigenvalue weighted by atomic mass is 10.0. The minimum absolute atomic E-state index is 0.202. The number of ether oxygens (including phenoxy) is 1. The second-order valence-electron chi connectivity index (χ2n) is 9.81. The Morgan fingerprint density at radius 1 is 0.949 bits per heavy atom.